The molecule has 67 heavy (non-hydrogen) atoms. The smallest absolute Gasteiger partial charge is 0.303 e. The number of hydrogen-bond donors (Lipinski definition) is 10. The summed E-state index contributed by atoms with van der Waals surface area (Å²) >= 11 is 1.44. The second kappa shape index (κ2) is 28.1. The van der Waals surface area contributed by atoms with Crippen molar-refractivity contribution in [2.24, 2.45) is 23.5 Å². The van der Waals surface area contributed by atoms with E-state index in [4.69, 9.17) is 5.73 Å². The van der Waals surface area contributed by atoms with Crippen molar-refractivity contribution in [3.8, 4) is 0 Å². The lowest BCUT2D eigenvalue weighted by Gasteiger charge is -2.33. The Balaban J connectivity index is 2.30. The highest BCUT2D eigenvalue weighted by atomic mass is 32.2. The molecule has 24 heteroatoms. The van der Waals surface area contributed by atoms with Crippen molar-refractivity contribution in [1.29, 1.82) is 0 Å². The minimum atomic E-state index is -1.59. The fourth-order valence-electron chi connectivity index (χ4n) is 7.70. The number of rotatable bonds is 28. The number of likely N-dealkylation sites (tertiary alicyclic amines) is 2. The highest BCUT2D eigenvalue weighted by Gasteiger charge is 2.42. The molecule has 0 spiro atoms. The van der Waals surface area contributed by atoms with E-state index < -0.39 is 139 Å². The Hall–Kier alpha value is -5.36. The van der Waals surface area contributed by atoms with E-state index in [2.05, 4.69) is 37.6 Å². The molecule has 0 bridgehead atoms. The molecule has 0 aromatic heterocycles. The Morgan fingerprint density at radius 1 is 0.701 bits per heavy atom. The maximum atomic E-state index is 14.2. The van der Waals surface area contributed by atoms with Crippen LogP contribution in [0.2, 0.25) is 0 Å². The Bertz CT molecular complexity index is 1790. The van der Waals surface area contributed by atoms with Crippen LogP contribution in [0, 0.1) is 17.8 Å². The maximum absolute atomic E-state index is 14.2. The van der Waals surface area contributed by atoms with Crippen molar-refractivity contribution in [3.63, 3.8) is 0 Å². The average molecular weight is 970 g/mol. The van der Waals surface area contributed by atoms with Gasteiger partial charge in [0.15, 0.2) is 6.04 Å². The van der Waals surface area contributed by atoms with Crippen molar-refractivity contribution in [1.82, 2.24) is 41.7 Å². The quantitative estimate of drug-likeness (QED) is 0.0341. The van der Waals surface area contributed by atoms with Crippen molar-refractivity contribution < 1.29 is 68.7 Å². The zero-order valence-corrected chi connectivity index (χ0v) is 40.5. The Kier molecular flexibility index (Phi) is 24.2. The normalized spacial score (nSPS) is 19.0. The molecule has 0 radical (unpaired) electrons. The van der Waals surface area contributed by atoms with Crippen LogP contribution in [-0.2, 0) is 52.7 Å². The SMILES string of the molecule is CSCC[C@H](NC(=O)[C@@H]([NH3+])CO)C(=O)N1CCC[C@H]1C(=O)N[C@@H](CC(N)=O)C(=O)N[C@@H](CC(C)C)C(=O)N[C@H](C(=O)N1CCC[C@H]1C(=O)N[C@@H](CCC(=O)O)C(=O)N[C@H](C=O)C(C)C)C(C)C. The summed E-state index contributed by atoms with van der Waals surface area (Å²) in [6.07, 6.45) is 2.36. The van der Waals surface area contributed by atoms with Crippen molar-refractivity contribution >= 4 is 77.2 Å². The van der Waals surface area contributed by atoms with Gasteiger partial charge in [0.05, 0.1) is 12.5 Å². The highest BCUT2D eigenvalue weighted by molar-refractivity contribution is 7.98. The van der Waals surface area contributed by atoms with Crippen LogP contribution in [0.15, 0.2) is 0 Å². The monoisotopic (exact) mass is 970 g/mol. The minimum Gasteiger partial charge on any atom is -0.481 e. The van der Waals surface area contributed by atoms with Crippen LogP contribution in [-0.4, -0.2) is 172 Å². The summed E-state index contributed by atoms with van der Waals surface area (Å²) in [4.78, 5) is 147. The van der Waals surface area contributed by atoms with Gasteiger partial charge in [-0.15, -0.1) is 0 Å². The summed E-state index contributed by atoms with van der Waals surface area (Å²) in [5, 5.41) is 34.2. The molecule has 2 aliphatic rings. The summed E-state index contributed by atoms with van der Waals surface area (Å²) < 4.78 is 0. The van der Waals surface area contributed by atoms with Crippen LogP contribution < -0.4 is 43.4 Å². The first-order valence-electron chi connectivity index (χ1n) is 22.8. The van der Waals surface area contributed by atoms with E-state index >= 15 is 0 Å². The Morgan fingerprint density at radius 3 is 1.70 bits per heavy atom. The largest absolute Gasteiger partial charge is 0.481 e. The molecule has 9 amide bonds. The van der Waals surface area contributed by atoms with Gasteiger partial charge in [-0.1, -0.05) is 41.5 Å². The number of aliphatic hydroxyl groups is 1. The number of hydrogen-bond acceptors (Lipinski definition) is 13. The van der Waals surface area contributed by atoms with Gasteiger partial charge in [-0.05, 0) is 74.7 Å². The fourth-order valence-corrected chi connectivity index (χ4v) is 8.17. The predicted molar refractivity (Wildman–Crippen MR) is 244 cm³/mol. The first-order chi connectivity index (χ1) is 31.5. The molecule has 2 fully saturated rings. The number of carbonyl (C=O) groups excluding carboxylic acids is 10. The molecule has 0 aromatic rings. The lowest BCUT2D eigenvalue weighted by molar-refractivity contribution is -0.409. The molecule has 0 aromatic carbocycles. The number of carbonyl (C=O) groups is 11. The number of nitrogens with two attached hydrogens (primary N) is 1. The predicted octanol–water partition coefficient (Wildman–Crippen LogP) is -3.47. The molecule has 0 unspecified atom stereocenters. The number of primary amides is 1. The van der Waals surface area contributed by atoms with E-state index in [9.17, 15) is 63.0 Å². The minimum absolute atomic E-state index is 0.0443. The molecule has 23 nitrogen and oxygen atoms in total. The van der Waals surface area contributed by atoms with E-state index in [0.717, 1.165) is 0 Å². The van der Waals surface area contributed by atoms with Gasteiger partial charge in [0.25, 0.3) is 5.91 Å². The van der Waals surface area contributed by atoms with Crippen molar-refractivity contribution in [3.05, 3.63) is 0 Å². The van der Waals surface area contributed by atoms with Gasteiger partial charge < -0.3 is 68.2 Å². The van der Waals surface area contributed by atoms with Crippen LogP contribution in [0.25, 0.3) is 0 Å². The number of aliphatic carboxylic acids is 1. The lowest BCUT2D eigenvalue weighted by Crippen LogP contribution is -2.70. The van der Waals surface area contributed by atoms with Gasteiger partial charge in [0.2, 0.25) is 47.3 Å². The number of aldehydes is 1. The summed E-state index contributed by atoms with van der Waals surface area (Å²) in [7, 11) is 0. The third-order valence-corrected chi connectivity index (χ3v) is 12.2. The standard InChI is InChI=1S/C43H72N10O13S/c1-22(2)18-28(48-38(61)29(19-33(45)56)49-41(64)31-10-8-15-52(31)42(65)27(14-17-67-7)47-36(59)25(44)20-54)39(62)51-35(24(5)6)43(66)53-16-9-11-32(53)40(63)46-26(12-13-34(57)58)37(60)50-30(21-55)23(3)4/h21-32,35,54H,8-20,44H2,1-7H3,(H2,45,56)(H,46,63)(H,47,59)(H,48,61)(H,49,64)(H,50,60)(H,51,62)(H,57,58)/p+1/t25-,26-,27-,28-,29-,30+,31-,32-,35-/m0/s1. The van der Waals surface area contributed by atoms with Crippen LogP contribution in [0.1, 0.15) is 99.3 Å². The molecule has 0 saturated carbocycles. The molecule has 2 rings (SSSR count). The molecular formula is C43H73N10O13S+. The summed E-state index contributed by atoms with van der Waals surface area (Å²) in [5.74, 6) is -8.58. The summed E-state index contributed by atoms with van der Waals surface area (Å²) in [6.45, 7) is 10.0. The highest BCUT2D eigenvalue weighted by Crippen LogP contribution is 2.23. The number of quaternary nitrogens is 1. The fraction of sp³-hybridized carbons (Fsp3) is 0.744. The topological polar surface area (TPSA) is 361 Å². The van der Waals surface area contributed by atoms with E-state index in [-0.39, 0.29) is 57.0 Å². The average Bonchev–Trinajstić information content (AvgIpc) is 3.97. The van der Waals surface area contributed by atoms with Gasteiger partial charge >= 0.3 is 5.97 Å². The zero-order chi connectivity index (χ0) is 50.7. The molecule has 13 N–H and O–H groups in total. The number of thioether (sulfide) groups is 1. The number of nitrogens with zero attached hydrogens (tertiary/aromatic N) is 2. The number of nitrogens with one attached hydrogen (secondary N) is 6. The van der Waals surface area contributed by atoms with E-state index in [0.29, 0.717) is 24.9 Å². The summed E-state index contributed by atoms with van der Waals surface area (Å²) in [6, 6.07) is -10.6. The van der Waals surface area contributed by atoms with Gasteiger partial charge in [0.1, 0.15) is 55.2 Å². The molecule has 2 saturated heterocycles. The molecular weight excluding hydrogens is 897 g/mol. The maximum Gasteiger partial charge on any atom is 0.303 e. The lowest BCUT2D eigenvalue weighted by atomic mass is 9.98. The molecule has 9 atom stereocenters. The third kappa shape index (κ3) is 18.0. The molecule has 2 heterocycles. The number of carboxylic acid groups (broad SMARTS) is 1. The second-order valence-corrected chi connectivity index (χ2v) is 19.1. The van der Waals surface area contributed by atoms with Crippen LogP contribution in [0.5, 0.6) is 0 Å². The summed E-state index contributed by atoms with van der Waals surface area (Å²) in [5.41, 5.74) is 9.08. The number of amides is 9. The van der Waals surface area contributed by atoms with Crippen molar-refractivity contribution in [2.75, 3.05) is 31.7 Å². The molecule has 2 aliphatic heterocycles. The Labute approximate surface area is 395 Å². The molecule has 0 aliphatic carbocycles. The Morgan fingerprint density at radius 2 is 1.22 bits per heavy atom. The zero-order valence-electron chi connectivity index (χ0n) is 39.7. The van der Waals surface area contributed by atoms with E-state index in [1.807, 2.05) is 6.26 Å². The second-order valence-electron chi connectivity index (χ2n) is 18.2. The van der Waals surface area contributed by atoms with Crippen LogP contribution >= 0.6 is 11.8 Å². The van der Waals surface area contributed by atoms with E-state index in [1.54, 1.807) is 41.5 Å². The number of aliphatic hydroxyl groups excluding tert-OH is 1. The first kappa shape index (κ1) is 57.8. The third-order valence-electron chi connectivity index (χ3n) is 11.6. The first-order valence-corrected chi connectivity index (χ1v) is 24.2. The van der Waals surface area contributed by atoms with Gasteiger partial charge in [-0.3, -0.25) is 47.9 Å². The van der Waals surface area contributed by atoms with Crippen molar-refractivity contribution in [2.45, 2.75) is 154 Å². The van der Waals surface area contributed by atoms with Crippen LogP contribution in [0.3, 0.4) is 0 Å². The van der Waals surface area contributed by atoms with Gasteiger partial charge in [-0.25, -0.2) is 0 Å². The van der Waals surface area contributed by atoms with E-state index in [1.165, 1.54) is 21.6 Å². The van der Waals surface area contributed by atoms with Crippen LogP contribution in [0.4, 0.5) is 0 Å². The van der Waals surface area contributed by atoms with Gasteiger partial charge in [-0.2, -0.15) is 11.8 Å². The van der Waals surface area contributed by atoms with Gasteiger partial charge in [0, 0.05) is 19.5 Å². The molecule has 378 valence electrons. The number of carboxylic acids is 1.